The van der Waals surface area contributed by atoms with E-state index in [0.29, 0.717) is 0 Å². The van der Waals surface area contributed by atoms with Gasteiger partial charge in [-0.3, -0.25) is 0 Å². The zero-order valence-electron chi connectivity index (χ0n) is 10.3. The van der Waals surface area contributed by atoms with Gasteiger partial charge in [0, 0.05) is 6.54 Å². The van der Waals surface area contributed by atoms with Crippen molar-refractivity contribution in [1.82, 2.24) is 5.32 Å². The van der Waals surface area contributed by atoms with Crippen molar-refractivity contribution in [3.63, 3.8) is 0 Å². The van der Waals surface area contributed by atoms with Crippen LogP contribution in [-0.4, -0.2) is 19.6 Å². The molecule has 3 nitrogen and oxygen atoms in total. The van der Waals surface area contributed by atoms with Gasteiger partial charge in [-0.2, -0.15) is 5.26 Å². The first-order valence-electron chi connectivity index (χ1n) is 6.25. The second-order valence-electron chi connectivity index (χ2n) is 4.74. The molecule has 0 aliphatic carbocycles. The fourth-order valence-electron chi connectivity index (χ4n) is 2.27. The number of hydrogen-bond donors (Lipinski definition) is 2. The minimum atomic E-state index is 0.736. The Morgan fingerprint density at radius 1 is 1.53 bits per heavy atom. The Hall–Kier alpha value is -1.53. The van der Waals surface area contributed by atoms with Gasteiger partial charge in [0.1, 0.15) is 6.07 Å². The lowest BCUT2D eigenvalue weighted by Gasteiger charge is -2.12. The molecule has 1 aliphatic rings. The average molecular weight is 229 g/mol. The van der Waals surface area contributed by atoms with E-state index in [4.69, 9.17) is 5.26 Å². The van der Waals surface area contributed by atoms with Gasteiger partial charge < -0.3 is 10.6 Å². The topological polar surface area (TPSA) is 47.9 Å². The summed E-state index contributed by atoms with van der Waals surface area (Å²) in [5.41, 5.74) is 2.90. The third kappa shape index (κ3) is 3.21. The smallest absolute Gasteiger partial charge is 0.101 e. The highest BCUT2D eigenvalue weighted by atomic mass is 14.9. The molecule has 1 heterocycles. The summed E-state index contributed by atoms with van der Waals surface area (Å²) in [6, 6.07) is 8.13. The fraction of sp³-hybridized carbons (Fsp3) is 0.500. The van der Waals surface area contributed by atoms with E-state index in [1.54, 1.807) is 0 Å². The van der Waals surface area contributed by atoms with Gasteiger partial charge in [0.05, 0.1) is 11.3 Å². The highest BCUT2D eigenvalue weighted by molar-refractivity contribution is 5.58. The summed E-state index contributed by atoms with van der Waals surface area (Å²) in [4.78, 5) is 0. The standard InChI is InChI=1S/C14H19N3/c1-11-2-3-13(9-15)14(8-11)17-7-5-12-4-6-16-10-12/h2-3,8,12,16-17H,4-7,10H2,1H3. The van der Waals surface area contributed by atoms with Crippen molar-refractivity contribution in [3.05, 3.63) is 29.3 Å². The first kappa shape index (κ1) is 11.9. The van der Waals surface area contributed by atoms with E-state index in [9.17, 15) is 0 Å². The van der Waals surface area contributed by atoms with Gasteiger partial charge in [-0.25, -0.2) is 0 Å². The number of anilines is 1. The molecule has 1 fully saturated rings. The van der Waals surface area contributed by atoms with Crippen molar-refractivity contribution in [1.29, 1.82) is 5.26 Å². The number of nitrogens with zero attached hydrogens (tertiary/aromatic N) is 1. The number of benzene rings is 1. The Morgan fingerprint density at radius 3 is 3.12 bits per heavy atom. The SMILES string of the molecule is Cc1ccc(C#N)c(NCCC2CCNC2)c1. The van der Waals surface area contributed by atoms with Crippen molar-refractivity contribution in [2.24, 2.45) is 5.92 Å². The number of aryl methyl sites for hydroxylation is 1. The largest absolute Gasteiger partial charge is 0.384 e. The maximum atomic E-state index is 9.02. The molecule has 0 aromatic heterocycles. The molecule has 1 atom stereocenters. The number of rotatable bonds is 4. The van der Waals surface area contributed by atoms with Crippen LogP contribution in [0.1, 0.15) is 24.0 Å². The van der Waals surface area contributed by atoms with Gasteiger partial charge in [0.25, 0.3) is 0 Å². The van der Waals surface area contributed by atoms with Crippen LogP contribution in [0, 0.1) is 24.2 Å². The first-order valence-corrected chi connectivity index (χ1v) is 6.25. The van der Waals surface area contributed by atoms with Crippen LogP contribution in [0.3, 0.4) is 0 Å². The molecule has 0 saturated carbocycles. The fourth-order valence-corrected chi connectivity index (χ4v) is 2.27. The van der Waals surface area contributed by atoms with Gasteiger partial charge in [0.15, 0.2) is 0 Å². The average Bonchev–Trinajstić information content (AvgIpc) is 2.82. The third-order valence-electron chi connectivity index (χ3n) is 3.33. The predicted octanol–water partition coefficient (Wildman–Crippen LogP) is 2.28. The minimum absolute atomic E-state index is 0.736. The predicted molar refractivity (Wildman–Crippen MR) is 70.0 cm³/mol. The second kappa shape index (κ2) is 5.70. The Bertz CT molecular complexity index is 414. The first-order chi connectivity index (χ1) is 8.29. The normalized spacial score (nSPS) is 18.9. The maximum Gasteiger partial charge on any atom is 0.101 e. The van der Waals surface area contributed by atoms with Crippen LogP contribution >= 0.6 is 0 Å². The lowest BCUT2D eigenvalue weighted by atomic mass is 10.0. The summed E-state index contributed by atoms with van der Waals surface area (Å²) in [7, 11) is 0. The Morgan fingerprint density at radius 2 is 2.41 bits per heavy atom. The van der Waals surface area contributed by atoms with Crippen LogP contribution in [0.15, 0.2) is 18.2 Å². The Balaban J connectivity index is 1.89. The van der Waals surface area contributed by atoms with E-state index in [1.165, 1.54) is 18.4 Å². The molecule has 0 amide bonds. The summed E-state index contributed by atoms with van der Waals surface area (Å²) in [6.45, 7) is 5.29. The van der Waals surface area contributed by atoms with E-state index >= 15 is 0 Å². The molecule has 3 heteroatoms. The molecule has 0 spiro atoms. The van der Waals surface area contributed by atoms with Gasteiger partial charge >= 0.3 is 0 Å². The van der Waals surface area contributed by atoms with Crippen molar-refractivity contribution in [2.45, 2.75) is 19.8 Å². The molecule has 90 valence electrons. The lowest BCUT2D eigenvalue weighted by Crippen LogP contribution is -2.13. The third-order valence-corrected chi connectivity index (χ3v) is 3.33. The summed E-state index contributed by atoms with van der Waals surface area (Å²) in [5, 5.41) is 15.8. The summed E-state index contributed by atoms with van der Waals surface area (Å²) in [6.07, 6.45) is 2.45. The number of nitrogens with one attached hydrogen (secondary N) is 2. The lowest BCUT2D eigenvalue weighted by molar-refractivity contribution is 0.549. The Kier molecular flexibility index (Phi) is 4.00. The van der Waals surface area contributed by atoms with Gasteiger partial charge in [-0.15, -0.1) is 0 Å². The molecule has 1 aliphatic heterocycles. The second-order valence-corrected chi connectivity index (χ2v) is 4.74. The molecule has 0 bridgehead atoms. The van der Waals surface area contributed by atoms with E-state index in [0.717, 1.165) is 36.8 Å². The molecular formula is C14H19N3. The van der Waals surface area contributed by atoms with Crippen LogP contribution in [0.5, 0.6) is 0 Å². The van der Waals surface area contributed by atoms with Crippen LogP contribution in [0.2, 0.25) is 0 Å². The number of hydrogen-bond acceptors (Lipinski definition) is 3. The van der Waals surface area contributed by atoms with Gasteiger partial charge in [0.2, 0.25) is 0 Å². The van der Waals surface area contributed by atoms with E-state index in [2.05, 4.69) is 16.7 Å². The van der Waals surface area contributed by atoms with Crippen molar-refractivity contribution < 1.29 is 0 Å². The molecule has 2 N–H and O–H groups in total. The number of nitriles is 1. The van der Waals surface area contributed by atoms with Crippen LogP contribution in [-0.2, 0) is 0 Å². The summed E-state index contributed by atoms with van der Waals surface area (Å²) >= 11 is 0. The van der Waals surface area contributed by atoms with Crippen LogP contribution in [0.25, 0.3) is 0 Å². The molecule has 1 aromatic carbocycles. The van der Waals surface area contributed by atoms with Crippen molar-refractivity contribution in [3.8, 4) is 6.07 Å². The van der Waals surface area contributed by atoms with Crippen LogP contribution < -0.4 is 10.6 Å². The van der Waals surface area contributed by atoms with E-state index < -0.39 is 0 Å². The summed E-state index contributed by atoms with van der Waals surface area (Å²) < 4.78 is 0. The van der Waals surface area contributed by atoms with Crippen LogP contribution in [0.4, 0.5) is 5.69 Å². The van der Waals surface area contributed by atoms with E-state index in [1.807, 2.05) is 25.1 Å². The zero-order valence-corrected chi connectivity index (χ0v) is 10.3. The van der Waals surface area contributed by atoms with Crippen molar-refractivity contribution >= 4 is 5.69 Å². The zero-order chi connectivity index (χ0) is 12.1. The molecule has 1 saturated heterocycles. The quantitative estimate of drug-likeness (QED) is 0.832. The highest BCUT2D eigenvalue weighted by Crippen LogP contribution is 2.18. The molecule has 0 radical (unpaired) electrons. The molecule has 1 aromatic rings. The van der Waals surface area contributed by atoms with Gasteiger partial charge in [-0.1, -0.05) is 6.07 Å². The van der Waals surface area contributed by atoms with Gasteiger partial charge in [-0.05, 0) is 56.5 Å². The van der Waals surface area contributed by atoms with Crippen molar-refractivity contribution in [2.75, 3.05) is 25.0 Å². The Labute approximate surface area is 103 Å². The summed E-state index contributed by atoms with van der Waals surface area (Å²) in [5.74, 6) is 0.790. The maximum absolute atomic E-state index is 9.02. The molecular weight excluding hydrogens is 210 g/mol. The minimum Gasteiger partial charge on any atom is -0.384 e. The molecule has 2 rings (SSSR count). The molecule has 1 unspecified atom stereocenters. The monoisotopic (exact) mass is 229 g/mol. The van der Waals surface area contributed by atoms with E-state index in [-0.39, 0.29) is 0 Å². The highest BCUT2D eigenvalue weighted by Gasteiger charge is 2.13. The molecule has 17 heavy (non-hydrogen) atoms.